The van der Waals surface area contributed by atoms with E-state index in [4.69, 9.17) is 4.99 Å². The van der Waals surface area contributed by atoms with Crippen LogP contribution in [0.1, 0.15) is 32.8 Å². The molecule has 1 fully saturated rings. The summed E-state index contributed by atoms with van der Waals surface area (Å²) in [5.41, 5.74) is 1.20. The minimum atomic E-state index is 0.655. The van der Waals surface area contributed by atoms with Gasteiger partial charge in [0.05, 0.1) is 19.3 Å². The van der Waals surface area contributed by atoms with Crippen molar-refractivity contribution in [2.45, 2.75) is 46.7 Å². The Bertz CT molecular complexity index is 491. The Balaban J connectivity index is 1.91. The zero-order valence-corrected chi connectivity index (χ0v) is 15.1. The number of nitrogens with zero attached hydrogens (tertiary/aromatic N) is 5. The molecule has 1 aliphatic heterocycles. The minimum absolute atomic E-state index is 0.655. The smallest absolute Gasteiger partial charge is 0.194 e. The van der Waals surface area contributed by atoms with Crippen LogP contribution in [-0.4, -0.2) is 70.9 Å². The fourth-order valence-corrected chi connectivity index (χ4v) is 3.25. The molecule has 2 heterocycles. The normalized spacial score (nSPS) is 18.9. The summed E-state index contributed by atoms with van der Waals surface area (Å²) < 4.78 is 1.96. The molecule has 0 aliphatic carbocycles. The molecule has 1 aliphatic rings. The van der Waals surface area contributed by atoms with Gasteiger partial charge in [0, 0.05) is 31.9 Å². The molecule has 0 spiro atoms. The van der Waals surface area contributed by atoms with Crippen molar-refractivity contribution < 1.29 is 0 Å². The second-order valence-electron chi connectivity index (χ2n) is 6.13. The second kappa shape index (κ2) is 8.91. The standard InChI is InChI=1S/C17H32N6/c1-5-18-17(19-9-11-23-13-15(4)12-20-23)22-10-8-16(14-22)21(6-2)7-3/h12-13,16H,5-11,14H2,1-4H3,(H,18,19). The lowest BCUT2D eigenvalue weighted by molar-refractivity contribution is 0.223. The summed E-state index contributed by atoms with van der Waals surface area (Å²) in [5, 5.41) is 7.76. The van der Waals surface area contributed by atoms with Crippen molar-refractivity contribution in [1.82, 2.24) is 24.9 Å². The Morgan fingerprint density at radius 1 is 1.39 bits per heavy atom. The third-order valence-corrected chi connectivity index (χ3v) is 4.48. The summed E-state index contributed by atoms with van der Waals surface area (Å²) >= 11 is 0. The van der Waals surface area contributed by atoms with Gasteiger partial charge in [-0.1, -0.05) is 13.8 Å². The molecular weight excluding hydrogens is 288 g/mol. The molecule has 0 bridgehead atoms. The maximum absolute atomic E-state index is 4.80. The molecule has 1 atom stereocenters. The van der Waals surface area contributed by atoms with E-state index in [2.05, 4.69) is 54.1 Å². The Hall–Kier alpha value is -1.56. The molecule has 23 heavy (non-hydrogen) atoms. The van der Waals surface area contributed by atoms with Crippen molar-refractivity contribution >= 4 is 5.96 Å². The number of nitrogens with one attached hydrogen (secondary N) is 1. The van der Waals surface area contributed by atoms with Gasteiger partial charge in [-0.25, -0.2) is 0 Å². The van der Waals surface area contributed by atoms with E-state index in [9.17, 15) is 0 Å². The molecular formula is C17H32N6. The number of aliphatic imine (C=N–C) groups is 1. The number of guanidine groups is 1. The minimum Gasteiger partial charge on any atom is -0.357 e. The number of likely N-dealkylation sites (tertiary alicyclic amines) is 1. The van der Waals surface area contributed by atoms with Gasteiger partial charge in [-0.2, -0.15) is 5.10 Å². The maximum Gasteiger partial charge on any atom is 0.194 e. The van der Waals surface area contributed by atoms with E-state index in [0.29, 0.717) is 6.04 Å². The van der Waals surface area contributed by atoms with Gasteiger partial charge in [-0.3, -0.25) is 14.6 Å². The summed E-state index contributed by atoms with van der Waals surface area (Å²) in [6.45, 7) is 15.6. The highest BCUT2D eigenvalue weighted by atomic mass is 15.3. The summed E-state index contributed by atoms with van der Waals surface area (Å²) in [6, 6.07) is 0.655. The predicted molar refractivity (Wildman–Crippen MR) is 95.8 cm³/mol. The molecule has 0 saturated carbocycles. The first-order chi connectivity index (χ1) is 11.2. The summed E-state index contributed by atoms with van der Waals surface area (Å²) in [4.78, 5) is 9.75. The first kappa shape index (κ1) is 17.8. The lowest BCUT2D eigenvalue weighted by Gasteiger charge is -2.27. The molecule has 0 radical (unpaired) electrons. The highest BCUT2D eigenvalue weighted by Gasteiger charge is 2.27. The number of aryl methyl sites for hydroxylation is 1. The van der Waals surface area contributed by atoms with Crippen molar-refractivity contribution in [1.29, 1.82) is 0 Å². The van der Waals surface area contributed by atoms with Crippen LogP contribution in [0.3, 0.4) is 0 Å². The quantitative estimate of drug-likeness (QED) is 0.612. The van der Waals surface area contributed by atoms with E-state index in [0.717, 1.165) is 51.8 Å². The lowest BCUT2D eigenvalue weighted by atomic mass is 10.2. The first-order valence-corrected chi connectivity index (χ1v) is 8.94. The van der Waals surface area contributed by atoms with Crippen LogP contribution < -0.4 is 5.32 Å². The molecule has 0 amide bonds. The average Bonchev–Trinajstić information content (AvgIpc) is 3.17. The molecule has 6 nitrogen and oxygen atoms in total. The first-order valence-electron chi connectivity index (χ1n) is 8.94. The Morgan fingerprint density at radius 3 is 2.78 bits per heavy atom. The van der Waals surface area contributed by atoms with E-state index in [1.165, 1.54) is 12.0 Å². The molecule has 1 saturated heterocycles. The zero-order chi connectivity index (χ0) is 16.7. The lowest BCUT2D eigenvalue weighted by Crippen LogP contribution is -2.43. The van der Waals surface area contributed by atoms with Gasteiger partial charge in [-0.15, -0.1) is 0 Å². The van der Waals surface area contributed by atoms with Crippen LogP contribution in [0.4, 0.5) is 0 Å². The van der Waals surface area contributed by atoms with Crippen LogP contribution in [0.5, 0.6) is 0 Å². The van der Waals surface area contributed by atoms with Crippen LogP contribution in [0.25, 0.3) is 0 Å². The van der Waals surface area contributed by atoms with Crippen molar-refractivity contribution in [3.05, 3.63) is 18.0 Å². The molecule has 1 aromatic rings. The van der Waals surface area contributed by atoms with Gasteiger partial charge in [0.15, 0.2) is 5.96 Å². The van der Waals surface area contributed by atoms with E-state index in [1.807, 2.05) is 10.9 Å². The van der Waals surface area contributed by atoms with Crippen LogP contribution in [0.15, 0.2) is 17.4 Å². The Labute approximate surface area is 140 Å². The van der Waals surface area contributed by atoms with Gasteiger partial charge in [0.2, 0.25) is 0 Å². The van der Waals surface area contributed by atoms with Crippen LogP contribution >= 0.6 is 0 Å². The highest BCUT2D eigenvalue weighted by molar-refractivity contribution is 5.80. The SMILES string of the molecule is CCNC(=NCCn1cc(C)cn1)N1CCC(N(CC)CC)C1. The van der Waals surface area contributed by atoms with Gasteiger partial charge in [0.1, 0.15) is 0 Å². The molecule has 2 rings (SSSR count). The largest absolute Gasteiger partial charge is 0.357 e. The summed E-state index contributed by atoms with van der Waals surface area (Å²) in [5.74, 6) is 1.05. The highest BCUT2D eigenvalue weighted by Crippen LogP contribution is 2.15. The fourth-order valence-electron chi connectivity index (χ4n) is 3.25. The van der Waals surface area contributed by atoms with Crippen molar-refractivity contribution in [3.8, 4) is 0 Å². The molecule has 1 unspecified atom stereocenters. The van der Waals surface area contributed by atoms with Crippen molar-refractivity contribution in [2.24, 2.45) is 4.99 Å². The number of hydrogen-bond donors (Lipinski definition) is 1. The average molecular weight is 320 g/mol. The number of likely N-dealkylation sites (N-methyl/N-ethyl adjacent to an activating group) is 1. The number of rotatable bonds is 7. The molecule has 0 aromatic carbocycles. The number of aromatic nitrogens is 2. The van der Waals surface area contributed by atoms with E-state index in [-0.39, 0.29) is 0 Å². The monoisotopic (exact) mass is 320 g/mol. The third-order valence-electron chi connectivity index (χ3n) is 4.48. The van der Waals surface area contributed by atoms with Crippen molar-refractivity contribution in [2.75, 3.05) is 39.3 Å². The van der Waals surface area contributed by atoms with Crippen LogP contribution in [0.2, 0.25) is 0 Å². The van der Waals surface area contributed by atoms with Crippen LogP contribution in [-0.2, 0) is 6.54 Å². The molecule has 1 N–H and O–H groups in total. The number of hydrogen-bond acceptors (Lipinski definition) is 3. The topological polar surface area (TPSA) is 48.7 Å². The van der Waals surface area contributed by atoms with Gasteiger partial charge < -0.3 is 10.2 Å². The second-order valence-corrected chi connectivity index (χ2v) is 6.13. The summed E-state index contributed by atoms with van der Waals surface area (Å²) in [6.07, 6.45) is 5.18. The van der Waals surface area contributed by atoms with E-state index in [1.54, 1.807) is 0 Å². The Morgan fingerprint density at radius 2 is 2.17 bits per heavy atom. The van der Waals surface area contributed by atoms with Gasteiger partial charge >= 0.3 is 0 Å². The fraction of sp³-hybridized carbons (Fsp3) is 0.765. The van der Waals surface area contributed by atoms with Crippen molar-refractivity contribution in [3.63, 3.8) is 0 Å². The molecule has 6 heteroatoms. The maximum atomic E-state index is 4.80. The molecule has 130 valence electrons. The molecule has 1 aromatic heterocycles. The van der Waals surface area contributed by atoms with Gasteiger partial charge in [-0.05, 0) is 38.9 Å². The van der Waals surface area contributed by atoms with E-state index >= 15 is 0 Å². The third kappa shape index (κ3) is 4.96. The summed E-state index contributed by atoms with van der Waals surface area (Å²) in [7, 11) is 0. The van der Waals surface area contributed by atoms with Crippen LogP contribution in [0, 0.1) is 6.92 Å². The van der Waals surface area contributed by atoms with E-state index < -0.39 is 0 Å². The Kier molecular flexibility index (Phi) is 6.89. The predicted octanol–water partition coefficient (Wildman–Crippen LogP) is 1.57. The zero-order valence-electron chi connectivity index (χ0n) is 15.1. The van der Waals surface area contributed by atoms with Gasteiger partial charge in [0.25, 0.3) is 0 Å².